The van der Waals surface area contributed by atoms with Crippen LogP contribution in [0.1, 0.15) is 30.6 Å². The first-order valence-electron chi connectivity index (χ1n) is 4.54. The van der Waals surface area contributed by atoms with Gasteiger partial charge in [0.05, 0.1) is 0 Å². The van der Waals surface area contributed by atoms with E-state index in [-0.39, 0.29) is 5.78 Å². The van der Waals surface area contributed by atoms with Crippen LogP contribution in [0.15, 0.2) is 35.9 Å². The number of halogens is 1. The molecule has 2 heteroatoms. The summed E-state index contributed by atoms with van der Waals surface area (Å²) in [5, 5.41) is 0.606. The maximum Gasteiger partial charge on any atom is 0.166 e. The van der Waals surface area contributed by atoms with Crippen LogP contribution in [-0.2, 0) is 0 Å². The van der Waals surface area contributed by atoms with Gasteiger partial charge in [-0.15, -0.1) is 0 Å². The number of hydrogen-bond donors (Lipinski definition) is 0. The summed E-state index contributed by atoms with van der Waals surface area (Å²) >= 11 is 5.79. The van der Waals surface area contributed by atoms with Gasteiger partial charge in [-0.2, -0.15) is 0 Å². The Hall–Kier alpha value is -1.08. The summed E-state index contributed by atoms with van der Waals surface area (Å²) in [4.78, 5) is 11.7. The number of carbonyl (C=O) groups excluding carboxylic acids is 1. The zero-order valence-electron chi connectivity index (χ0n) is 8.38. The largest absolute Gasteiger partial charge is 0.294 e. The third kappa shape index (κ3) is 3.00. The van der Waals surface area contributed by atoms with Crippen molar-refractivity contribution in [1.29, 1.82) is 0 Å². The maximum absolute atomic E-state index is 11.7. The van der Waals surface area contributed by atoms with Crippen molar-refractivity contribution in [2.75, 3.05) is 0 Å². The van der Waals surface area contributed by atoms with Gasteiger partial charge in [0.1, 0.15) is 0 Å². The lowest BCUT2D eigenvalue weighted by Crippen LogP contribution is -1.99. The number of ketones is 1. The van der Waals surface area contributed by atoms with E-state index in [4.69, 9.17) is 11.6 Å². The summed E-state index contributed by atoms with van der Waals surface area (Å²) in [6, 6.07) is 7.05. The van der Waals surface area contributed by atoms with Crippen LogP contribution in [0, 0.1) is 0 Å². The molecule has 0 bridgehead atoms. The highest BCUT2D eigenvalue weighted by Crippen LogP contribution is 2.14. The number of carbonyl (C=O) groups is 1. The highest BCUT2D eigenvalue weighted by molar-refractivity contribution is 6.31. The summed E-state index contributed by atoms with van der Waals surface area (Å²) in [7, 11) is 0. The summed E-state index contributed by atoms with van der Waals surface area (Å²) in [5.74, 6) is 0.114. The molecule has 1 aromatic rings. The molecule has 0 amide bonds. The summed E-state index contributed by atoms with van der Waals surface area (Å²) < 4.78 is 0. The first-order valence-corrected chi connectivity index (χ1v) is 4.92. The Bertz CT molecular complexity index is 366. The average molecular weight is 209 g/mol. The van der Waals surface area contributed by atoms with Gasteiger partial charge in [0.25, 0.3) is 0 Å². The van der Waals surface area contributed by atoms with E-state index in [1.807, 2.05) is 19.9 Å². The molecular formula is C12H13ClO. The molecule has 14 heavy (non-hydrogen) atoms. The number of hydrogen-bond acceptors (Lipinski definition) is 1. The molecule has 0 radical (unpaired) electrons. The van der Waals surface area contributed by atoms with Crippen molar-refractivity contribution in [3.63, 3.8) is 0 Å². The molecule has 0 aliphatic rings. The molecule has 0 unspecified atom stereocenters. The smallest absolute Gasteiger partial charge is 0.166 e. The topological polar surface area (TPSA) is 17.1 Å². The van der Waals surface area contributed by atoms with E-state index in [0.29, 0.717) is 17.0 Å². The molecule has 0 fully saturated rings. The molecule has 0 saturated carbocycles. The first-order chi connectivity index (χ1) is 6.63. The summed E-state index contributed by atoms with van der Waals surface area (Å²) in [6.45, 7) is 3.88. The van der Waals surface area contributed by atoms with Crippen LogP contribution in [0.2, 0.25) is 5.02 Å². The molecule has 0 aliphatic carbocycles. The molecule has 1 aromatic carbocycles. The van der Waals surface area contributed by atoms with Crippen LogP contribution in [0.3, 0.4) is 0 Å². The van der Waals surface area contributed by atoms with E-state index in [1.165, 1.54) is 0 Å². The quantitative estimate of drug-likeness (QED) is 0.544. The predicted octanol–water partition coefficient (Wildman–Crippen LogP) is 3.88. The monoisotopic (exact) mass is 208 g/mol. The van der Waals surface area contributed by atoms with Gasteiger partial charge < -0.3 is 0 Å². The lowest BCUT2D eigenvalue weighted by Gasteiger charge is -2.01. The zero-order valence-corrected chi connectivity index (χ0v) is 9.14. The van der Waals surface area contributed by atoms with E-state index >= 15 is 0 Å². The fourth-order valence-corrected chi connectivity index (χ4v) is 1.31. The molecule has 74 valence electrons. The van der Waals surface area contributed by atoms with Crippen molar-refractivity contribution in [2.24, 2.45) is 0 Å². The number of Topliss-reactive ketones (excluding diaryl/α,β-unsaturated/α-hetero) is 1. The molecule has 0 spiro atoms. The lowest BCUT2D eigenvalue weighted by molar-refractivity contribution is 0.0993. The van der Waals surface area contributed by atoms with Gasteiger partial charge in [0, 0.05) is 17.0 Å². The third-order valence-corrected chi connectivity index (χ3v) is 2.31. The Balaban J connectivity index is 2.80. The molecule has 0 N–H and O–H groups in total. The van der Waals surface area contributed by atoms with E-state index in [1.54, 1.807) is 24.3 Å². The van der Waals surface area contributed by atoms with Crippen molar-refractivity contribution in [1.82, 2.24) is 0 Å². The Morgan fingerprint density at radius 3 is 2.79 bits per heavy atom. The second kappa shape index (κ2) is 4.97. The van der Waals surface area contributed by atoms with Crippen LogP contribution in [0.4, 0.5) is 0 Å². The Morgan fingerprint density at radius 2 is 2.21 bits per heavy atom. The minimum atomic E-state index is 0.114. The van der Waals surface area contributed by atoms with E-state index in [2.05, 4.69) is 0 Å². The highest BCUT2D eigenvalue weighted by atomic mass is 35.5. The summed E-state index contributed by atoms with van der Waals surface area (Å²) in [5.41, 5.74) is 1.76. The molecule has 0 heterocycles. The second-order valence-electron chi connectivity index (χ2n) is 3.25. The van der Waals surface area contributed by atoms with Crippen LogP contribution < -0.4 is 0 Å². The van der Waals surface area contributed by atoms with Gasteiger partial charge in [0.2, 0.25) is 0 Å². The standard InChI is InChI=1S/C12H13ClO/c1-3-9(2)7-12(14)10-5-4-6-11(13)8-10/h3-6,8H,7H2,1-2H3/b9-3-. The fraction of sp³-hybridized carbons (Fsp3) is 0.250. The second-order valence-corrected chi connectivity index (χ2v) is 3.68. The van der Waals surface area contributed by atoms with Crippen LogP contribution in [0.25, 0.3) is 0 Å². The van der Waals surface area contributed by atoms with Crippen molar-refractivity contribution >= 4 is 17.4 Å². The van der Waals surface area contributed by atoms with Crippen molar-refractivity contribution in [3.8, 4) is 0 Å². The first kappa shape index (κ1) is 11.0. The van der Waals surface area contributed by atoms with E-state index in [9.17, 15) is 4.79 Å². The lowest BCUT2D eigenvalue weighted by atomic mass is 10.0. The van der Waals surface area contributed by atoms with Gasteiger partial charge in [-0.1, -0.05) is 35.4 Å². The van der Waals surface area contributed by atoms with E-state index < -0.39 is 0 Å². The van der Waals surface area contributed by atoms with Crippen molar-refractivity contribution < 1.29 is 4.79 Å². The van der Waals surface area contributed by atoms with Crippen molar-refractivity contribution in [2.45, 2.75) is 20.3 Å². The number of benzene rings is 1. The highest BCUT2D eigenvalue weighted by Gasteiger charge is 2.05. The Morgan fingerprint density at radius 1 is 1.50 bits per heavy atom. The van der Waals surface area contributed by atoms with E-state index in [0.717, 1.165) is 5.57 Å². The molecule has 0 aliphatic heterocycles. The molecule has 1 nitrogen and oxygen atoms in total. The molecular weight excluding hydrogens is 196 g/mol. The van der Waals surface area contributed by atoms with Crippen molar-refractivity contribution in [3.05, 3.63) is 46.5 Å². The van der Waals surface area contributed by atoms with Crippen LogP contribution in [0.5, 0.6) is 0 Å². The minimum absolute atomic E-state index is 0.114. The molecule has 0 aromatic heterocycles. The summed E-state index contributed by atoms with van der Waals surface area (Å²) in [6.07, 6.45) is 2.42. The SMILES string of the molecule is C/C=C(/C)CC(=O)c1cccc(Cl)c1. The molecule has 1 rings (SSSR count). The normalized spacial score (nSPS) is 11.5. The van der Waals surface area contributed by atoms with Gasteiger partial charge in [-0.25, -0.2) is 0 Å². The number of allylic oxidation sites excluding steroid dienone is 2. The minimum Gasteiger partial charge on any atom is -0.294 e. The third-order valence-electron chi connectivity index (χ3n) is 2.08. The van der Waals surface area contributed by atoms with Crippen LogP contribution in [-0.4, -0.2) is 5.78 Å². The fourth-order valence-electron chi connectivity index (χ4n) is 1.12. The van der Waals surface area contributed by atoms with Crippen LogP contribution >= 0.6 is 11.6 Å². The zero-order chi connectivity index (χ0) is 10.6. The Kier molecular flexibility index (Phi) is 3.90. The maximum atomic E-state index is 11.7. The van der Waals surface area contributed by atoms with Gasteiger partial charge in [-0.05, 0) is 26.0 Å². The average Bonchev–Trinajstić information content (AvgIpc) is 2.17. The molecule has 0 saturated heterocycles. The van der Waals surface area contributed by atoms with Gasteiger partial charge >= 0.3 is 0 Å². The predicted molar refractivity (Wildman–Crippen MR) is 59.8 cm³/mol. The number of rotatable bonds is 3. The molecule has 0 atom stereocenters. The van der Waals surface area contributed by atoms with Gasteiger partial charge in [0.15, 0.2) is 5.78 Å². The van der Waals surface area contributed by atoms with Gasteiger partial charge in [-0.3, -0.25) is 4.79 Å². The Labute approximate surface area is 89.4 Å².